The Hall–Kier alpha value is -0.120. The number of nitrogens with two attached hydrogens (primary N) is 1. The number of hydrogen-bond acceptors (Lipinski definition) is 3. The summed E-state index contributed by atoms with van der Waals surface area (Å²) in [6, 6.07) is 0.398. The average molecular weight is 160 g/mol. The lowest BCUT2D eigenvalue weighted by Gasteiger charge is -2.16. The molecule has 3 heteroatoms. The topological polar surface area (TPSA) is 47.3 Å². The molecule has 0 aliphatic carbocycles. The highest BCUT2D eigenvalue weighted by atomic mass is 16.5. The first-order valence-corrected chi connectivity index (χ1v) is 4.15. The number of nitrogens with one attached hydrogen (secondary N) is 1. The summed E-state index contributed by atoms with van der Waals surface area (Å²) < 4.78 is 4.96. The van der Waals surface area contributed by atoms with Crippen LogP contribution in [-0.2, 0) is 4.74 Å². The van der Waals surface area contributed by atoms with E-state index in [4.69, 9.17) is 10.6 Å². The quantitative estimate of drug-likeness (QED) is 0.448. The Labute approximate surface area is 69.3 Å². The van der Waals surface area contributed by atoms with Crippen molar-refractivity contribution in [2.75, 3.05) is 13.7 Å². The zero-order valence-electron chi connectivity index (χ0n) is 7.76. The third-order valence-corrected chi connectivity index (χ3v) is 1.66. The minimum atomic E-state index is 0.398. The molecule has 0 fully saturated rings. The molecule has 0 amide bonds. The van der Waals surface area contributed by atoms with Crippen LogP contribution >= 0.6 is 0 Å². The van der Waals surface area contributed by atoms with Gasteiger partial charge in [0, 0.05) is 19.8 Å². The highest BCUT2D eigenvalue weighted by molar-refractivity contribution is 4.64. The molecule has 0 aromatic heterocycles. The van der Waals surface area contributed by atoms with Crippen LogP contribution in [0, 0.1) is 5.92 Å². The van der Waals surface area contributed by atoms with E-state index in [1.54, 1.807) is 7.11 Å². The van der Waals surface area contributed by atoms with E-state index in [0.717, 1.165) is 19.4 Å². The highest BCUT2D eigenvalue weighted by Crippen LogP contribution is 2.06. The SMILES string of the molecule is COCCC(CC(C)C)NN. The number of methoxy groups -OCH3 is 1. The maximum absolute atomic E-state index is 5.36. The monoisotopic (exact) mass is 160 g/mol. The van der Waals surface area contributed by atoms with Crippen molar-refractivity contribution in [2.24, 2.45) is 11.8 Å². The van der Waals surface area contributed by atoms with E-state index in [0.29, 0.717) is 12.0 Å². The van der Waals surface area contributed by atoms with Gasteiger partial charge in [-0.3, -0.25) is 11.3 Å². The van der Waals surface area contributed by atoms with Gasteiger partial charge in [0.2, 0.25) is 0 Å². The third kappa shape index (κ3) is 6.28. The van der Waals surface area contributed by atoms with Gasteiger partial charge in [0.1, 0.15) is 0 Å². The first-order valence-electron chi connectivity index (χ1n) is 4.15. The van der Waals surface area contributed by atoms with E-state index in [-0.39, 0.29) is 0 Å². The van der Waals surface area contributed by atoms with Crippen LogP contribution in [0.4, 0.5) is 0 Å². The van der Waals surface area contributed by atoms with Crippen molar-refractivity contribution in [1.82, 2.24) is 5.43 Å². The average Bonchev–Trinajstić information content (AvgIpc) is 1.97. The zero-order valence-corrected chi connectivity index (χ0v) is 7.76. The van der Waals surface area contributed by atoms with Crippen LogP contribution in [0.15, 0.2) is 0 Å². The zero-order chi connectivity index (χ0) is 8.69. The van der Waals surface area contributed by atoms with Gasteiger partial charge in [0.05, 0.1) is 0 Å². The molecule has 0 aliphatic heterocycles. The van der Waals surface area contributed by atoms with E-state index in [1.807, 2.05) is 0 Å². The van der Waals surface area contributed by atoms with E-state index < -0.39 is 0 Å². The van der Waals surface area contributed by atoms with Crippen LogP contribution < -0.4 is 11.3 Å². The van der Waals surface area contributed by atoms with Crippen molar-refractivity contribution in [1.29, 1.82) is 0 Å². The molecule has 0 spiro atoms. The predicted molar refractivity (Wildman–Crippen MR) is 47.1 cm³/mol. The van der Waals surface area contributed by atoms with Crippen molar-refractivity contribution in [3.63, 3.8) is 0 Å². The molecule has 1 unspecified atom stereocenters. The van der Waals surface area contributed by atoms with Gasteiger partial charge in [0.15, 0.2) is 0 Å². The third-order valence-electron chi connectivity index (χ3n) is 1.66. The van der Waals surface area contributed by atoms with Crippen molar-refractivity contribution in [3.05, 3.63) is 0 Å². The van der Waals surface area contributed by atoms with Crippen LogP contribution in [0.5, 0.6) is 0 Å². The summed E-state index contributed by atoms with van der Waals surface area (Å²) in [5.41, 5.74) is 2.79. The molecule has 0 heterocycles. The summed E-state index contributed by atoms with van der Waals surface area (Å²) in [6.45, 7) is 5.16. The molecule has 0 aromatic carbocycles. The molecule has 3 nitrogen and oxygen atoms in total. The van der Waals surface area contributed by atoms with Crippen LogP contribution in [0.3, 0.4) is 0 Å². The molecular weight excluding hydrogens is 140 g/mol. The number of rotatable bonds is 6. The maximum atomic E-state index is 5.36. The minimum Gasteiger partial charge on any atom is -0.385 e. The van der Waals surface area contributed by atoms with E-state index in [9.17, 15) is 0 Å². The minimum absolute atomic E-state index is 0.398. The summed E-state index contributed by atoms with van der Waals surface area (Å²) in [7, 11) is 1.71. The largest absolute Gasteiger partial charge is 0.385 e. The standard InChI is InChI=1S/C8H20N2O/c1-7(2)6-8(10-9)4-5-11-3/h7-8,10H,4-6,9H2,1-3H3. The lowest BCUT2D eigenvalue weighted by atomic mass is 10.0. The van der Waals surface area contributed by atoms with Gasteiger partial charge < -0.3 is 4.74 Å². The molecule has 0 saturated carbocycles. The fourth-order valence-corrected chi connectivity index (χ4v) is 1.10. The van der Waals surface area contributed by atoms with E-state index in [1.165, 1.54) is 0 Å². The van der Waals surface area contributed by atoms with Gasteiger partial charge in [-0.15, -0.1) is 0 Å². The number of hydrazine groups is 1. The summed E-state index contributed by atoms with van der Waals surface area (Å²) in [6.07, 6.45) is 2.10. The van der Waals surface area contributed by atoms with Crippen LogP contribution in [0.25, 0.3) is 0 Å². The first-order chi connectivity index (χ1) is 5.20. The Kier molecular flexibility index (Phi) is 6.51. The van der Waals surface area contributed by atoms with Gasteiger partial charge in [-0.25, -0.2) is 0 Å². The fourth-order valence-electron chi connectivity index (χ4n) is 1.10. The molecule has 11 heavy (non-hydrogen) atoms. The molecular formula is C8H20N2O. The Balaban J connectivity index is 3.41. The van der Waals surface area contributed by atoms with Gasteiger partial charge in [-0.2, -0.15) is 0 Å². The smallest absolute Gasteiger partial charge is 0.0477 e. The lowest BCUT2D eigenvalue weighted by Crippen LogP contribution is -2.36. The summed E-state index contributed by atoms with van der Waals surface area (Å²) in [5.74, 6) is 6.04. The highest BCUT2D eigenvalue weighted by Gasteiger charge is 2.07. The van der Waals surface area contributed by atoms with Crippen molar-refractivity contribution < 1.29 is 4.74 Å². The van der Waals surface area contributed by atoms with Crippen LogP contribution in [-0.4, -0.2) is 19.8 Å². The lowest BCUT2D eigenvalue weighted by molar-refractivity contribution is 0.178. The molecule has 0 rings (SSSR count). The normalized spacial score (nSPS) is 13.9. The molecule has 0 bridgehead atoms. The van der Waals surface area contributed by atoms with Crippen LogP contribution in [0.1, 0.15) is 26.7 Å². The second-order valence-electron chi connectivity index (χ2n) is 3.27. The molecule has 1 atom stereocenters. The number of hydrogen-bond donors (Lipinski definition) is 2. The van der Waals surface area contributed by atoms with Gasteiger partial charge in [-0.05, 0) is 18.8 Å². The van der Waals surface area contributed by atoms with Gasteiger partial charge in [0.25, 0.3) is 0 Å². The van der Waals surface area contributed by atoms with Gasteiger partial charge >= 0.3 is 0 Å². The second-order valence-corrected chi connectivity index (χ2v) is 3.27. The molecule has 0 radical (unpaired) electrons. The number of ether oxygens (including phenoxy) is 1. The Morgan fingerprint density at radius 2 is 2.09 bits per heavy atom. The molecule has 0 saturated heterocycles. The molecule has 68 valence electrons. The fraction of sp³-hybridized carbons (Fsp3) is 1.00. The Morgan fingerprint density at radius 1 is 1.45 bits per heavy atom. The maximum Gasteiger partial charge on any atom is 0.0477 e. The molecule has 0 aromatic rings. The van der Waals surface area contributed by atoms with E-state index >= 15 is 0 Å². The van der Waals surface area contributed by atoms with E-state index in [2.05, 4.69) is 19.3 Å². The summed E-state index contributed by atoms with van der Waals surface area (Å²) in [4.78, 5) is 0. The second kappa shape index (κ2) is 6.58. The molecule has 0 aliphatic rings. The summed E-state index contributed by atoms with van der Waals surface area (Å²) in [5, 5.41) is 0. The Bertz CT molecular complexity index is 86.2. The van der Waals surface area contributed by atoms with Crippen molar-refractivity contribution in [2.45, 2.75) is 32.7 Å². The van der Waals surface area contributed by atoms with Gasteiger partial charge in [-0.1, -0.05) is 13.8 Å². The predicted octanol–water partition coefficient (Wildman–Crippen LogP) is 0.901. The van der Waals surface area contributed by atoms with Crippen molar-refractivity contribution >= 4 is 0 Å². The van der Waals surface area contributed by atoms with Crippen LogP contribution in [0.2, 0.25) is 0 Å². The Morgan fingerprint density at radius 3 is 2.45 bits per heavy atom. The summed E-state index contributed by atoms with van der Waals surface area (Å²) >= 11 is 0. The first kappa shape index (κ1) is 10.9. The molecule has 3 N–H and O–H groups in total. The van der Waals surface area contributed by atoms with Crippen molar-refractivity contribution in [3.8, 4) is 0 Å².